The van der Waals surface area contributed by atoms with Crippen molar-refractivity contribution < 1.29 is 19.9 Å². The summed E-state index contributed by atoms with van der Waals surface area (Å²) in [6, 6.07) is 0. The first kappa shape index (κ1) is 26.4. The predicted molar refractivity (Wildman–Crippen MR) is 112 cm³/mol. The fourth-order valence-corrected chi connectivity index (χ4v) is 2.83. The summed E-state index contributed by atoms with van der Waals surface area (Å²) in [7, 11) is 0. The summed E-state index contributed by atoms with van der Waals surface area (Å²) >= 11 is 0. The molecule has 0 saturated carbocycles. The van der Waals surface area contributed by atoms with Crippen molar-refractivity contribution in [1.29, 1.82) is 0 Å². The van der Waals surface area contributed by atoms with E-state index in [1.165, 1.54) is 82.3 Å². The molecule has 0 radical (unpaired) electrons. The van der Waals surface area contributed by atoms with Crippen LogP contribution in [0, 0.1) is 0 Å². The number of rotatable bonds is 22. The third-order valence-corrected chi connectivity index (χ3v) is 4.49. The molecule has 0 aliphatic rings. The van der Waals surface area contributed by atoms with E-state index in [0.29, 0.717) is 26.1 Å². The lowest BCUT2D eigenvalue weighted by Crippen LogP contribution is -2.20. The molecule has 0 aromatic heterocycles. The van der Waals surface area contributed by atoms with Gasteiger partial charge in [0.2, 0.25) is 0 Å². The number of aliphatic hydroxyl groups excluding tert-OH is 2. The number of hydrogen-bond donors (Lipinski definition) is 2. The molecule has 0 spiro atoms. The van der Waals surface area contributed by atoms with Gasteiger partial charge in [0.15, 0.2) is 0 Å². The SMILES string of the molecule is CCCCCCCCCCCCCCC=CN(OCCCO)OCCCO. The summed E-state index contributed by atoms with van der Waals surface area (Å²) < 4.78 is 0. The Morgan fingerprint density at radius 2 is 1.07 bits per heavy atom. The Morgan fingerprint density at radius 1 is 0.630 bits per heavy atom. The zero-order valence-corrected chi connectivity index (χ0v) is 17.7. The molecule has 0 unspecified atom stereocenters. The van der Waals surface area contributed by atoms with Gasteiger partial charge in [-0.3, -0.25) is 0 Å². The van der Waals surface area contributed by atoms with E-state index < -0.39 is 0 Å². The molecule has 5 nitrogen and oxygen atoms in total. The molecule has 0 bridgehead atoms. The van der Waals surface area contributed by atoms with Crippen LogP contribution in [0.25, 0.3) is 0 Å². The molecular weight excluding hydrogens is 342 g/mol. The third-order valence-electron chi connectivity index (χ3n) is 4.49. The fraction of sp³-hybridized carbons (Fsp3) is 0.909. The van der Waals surface area contributed by atoms with Crippen LogP contribution in [0.15, 0.2) is 12.3 Å². The van der Waals surface area contributed by atoms with Crippen LogP contribution >= 0.6 is 0 Å². The lowest BCUT2D eigenvalue weighted by Gasteiger charge is -2.18. The highest BCUT2D eigenvalue weighted by atomic mass is 16.9. The zero-order chi connectivity index (χ0) is 19.8. The molecular formula is C22H45NO4. The molecule has 0 aromatic rings. The fourth-order valence-electron chi connectivity index (χ4n) is 2.83. The molecule has 2 N–H and O–H groups in total. The van der Waals surface area contributed by atoms with Crippen molar-refractivity contribution in [2.45, 2.75) is 103 Å². The topological polar surface area (TPSA) is 62.2 Å². The Labute approximate surface area is 167 Å². The number of hydrogen-bond acceptors (Lipinski definition) is 5. The van der Waals surface area contributed by atoms with Crippen molar-refractivity contribution in [3.05, 3.63) is 12.3 Å². The number of unbranched alkanes of at least 4 members (excludes halogenated alkanes) is 12. The summed E-state index contributed by atoms with van der Waals surface area (Å²) in [6.45, 7) is 3.31. The van der Waals surface area contributed by atoms with Gasteiger partial charge in [-0.05, 0) is 25.7 Å². The van der Waals surface area contributed by atoms with Crippen molar-refractivity contribution >= 4 is 0 Å². The van der Waals surface area contributed by atoms with E-state index >= 15 is 0 Å². The highest BCUT2D eigenvalue weighted by Gasteiger charge is 2.00. The monoisotopic (exact) mass is 387 g/mol. The summed E-state index contributed by atoms with van der Waals surface area (Å²) in [5, 5.41) is 19.0. The van der Waals surface area contributed by atoms with Gasteiger partial charge in [-0.1, -0.05) is 83.6 Å². The summed E-state index contributed by atoms with van der Waals surface area (Å²) in [5.74, 6) is 0. The first-order valence-electron chi connectivity index (χ1n) is 11.3. The molecule has 0 aliphatic carbocycles. The highest BCUT2D eigenvalue weighted by molar-refractivity contribution is 4.76. The molecule has 0 saturated heterocycles. The van der Waals surface area contributed by atoms with E-state index in [0.717, 1.165) is 6.42 Å². The normalized spacial score (nSPS) is 11.5. The van der Waals surface area contributed by atoms with Gasteiger partial charge in [0, 0.05) is 13.2 Å². The lowest BCUT2D eigenvalue weighted by molar-refractivity contribution is -0.337. The maximum atomic E-state index is 8.81. The summed E-state index contributed by atoms with van der Waals surface area (Å²) in [4.78, 5) is 10.9. The standard InChI is InChI=1S/C22H45NO4/c1-2-3-4-5-6-7-8-9-10-11-12-13-14-15-18-23(26-21-16-19-24)27-22-17-20-25/h15,18,24-25H,2-14,16-17,19-22H2,1H3. The lowest BCUT2D eigenvalue weighted by atomic mass is 10.0. The van der Waals surface area contributed by atoms with Crippen LogP contribution in [0.1, 0.15) is 103 Å². The van der Waals surface area contributed by atoms with E-state index in [4.69, 9.17) is 19.9 Å². The molecule has 0 heterocycles. The summed E-state index contributed by atoms with van der Waals surface area (Å²) in [6.07, 6.45) is 22.4. The van der Waals surface area contributed by atoms with Crippen LogP contribution < -0.4 is 0 Å². The van der Waals surface area contributed by atoms with Gasteiger partial charge >= 0.3 is 0 Å². The van der Waals surface area contributed by atoms with Crippen LogP contribution in [0.2, 0.25) is 0 Å². The molecule has 162 valence electrons. The maximum Gasteiger partial charge on any atom is 0.0797 e. The Morgan fingerprint density at radius 3 is 1.52 bits per heavy atom. The van der Waals surface area contributed by atoms with E-state index in [1.54, 1.807) is 6.20 Å². The van der Waals surface area contributed by atoms with E-state index in [9.17, 15) is 0 Å². The van der Waals surface area contributed by atoms with E-state index in [2.05, 4.69) is 13.0 Å². The Hall–Kier alpha value is -0.620. The van der Waals surface area contributed by atoms with Gasteiger partial charge in [0.1, 0.15) is 0 Å². The highest BCUT2D eigenvalue weighted by Crippen LogP contribution is 2.12. The second kappa shape index (κ2) is 23.4. The quantitative estimate of drug-likeness (QED) is 0.189. The molecule has 0 aromatic carbocycles. The Bertz CT molecular complexity index is 290. The second-order valence-corrected chi connectivity index (χ2v) is 7.17. The maximum absolute atomic E-state index is 8.81. The van der Waals surface area contributed by atoms with Gasteiger partial charge in [-0.15, -0.1) is 5.23 Å². The van der Waals surface area contributed by atoms with Gasteiger partial charge < -0.3 is 10.2 Å². The minimum absolute atomic E-state index is 0.104. The van der Waals surface area contributed by atoms with Crippen LogP contribution in [-0.4, -0.2) is 41.9 Å². The second-order valence-electron chi connectivity index (χ2n) is 7.17. The number of allylic oxidation sites excluding steroid dienone is 1. The minimum Gasteiger partial charge on any atom is -0.396 e. The molecule has 5 heteroatoms. The number of hydroxylamine groups is 2. The van der Waals surface area contributed by atoms with E-state index in [1.807, 2.05) is 0 Å². The van der Waals surface area contributed by atoms with Crippen LogP contribution in [-0.2, 0) is 9.68 Å². The summed E-state index contributed by atoms with van der Waals surface area (Å²) in [5.41, 5.74) is 0. The zero-order valence-electron chi connectivity index (χ0n) is 17.7. The first-order chi connectivity index (χ1) is 13.3. The third kappa shape index (κ3) is 21.5. The van der Waals surface area contributed by atoms with Crippen LogP contribution in [0.3, 0.4) is 0 Å². The largest absolute Gasteiger partial charge is 0.396 e. The van der Waals surface area contributed by atoms with Gasteiger partial charge in [-0.25, -0.2) is 9.68 Å². The Kier molecular flexibility index (Phi) is 22.9. The van der Waals surface area contributed by atoms with Crippen molar-refractivity contribution in [3.8, 4) is 0 Å². The number of nitrogens with zero attached hydrogens (tertiary/aromatic N) is 1. The smallest absolute Gasteiger partial charge is 0.0797 e. The van der Waals surface area contributed by atoms with E-state index in [-0.39, 0.29) is 13.2 Å². The van der Waals surface area contributed by atoms with Crippen molar-refractivity contribution in [1.82, 2.24) is 5.23 Å². The Balaban J connectivity index is 3.51. The molecule has 27 heavy (non-hydrogen) atoms. The van der Waals surface area contributed by atoms with Gasteiger partial charge in [0.25, 0.3) is 0 Å². The molecule has 0 atom stereocenters. The average Bonchev–Trinajstić information content (AvgIpc) is 2.68. The van der Waals surface area contributed by atoms with Crippen molar-refractivity contribution in [2.24, 2.45) is 0 Å². The molecule has 0 aliphatic heterocycles. The molecule has 0 fully saturated rings. The van der Waals surface area contributed by atoms with Gasteiger partial charge in [0.05, 0.1) is 19.4 Å². The molecule has 0 amide bonds. The first-order valence-corrected chi connectivity index (χ1v) is 11.3. The number of aliphatic hydroxyl groups is 2. The van der Waals surface area contributed by atoms with Crippen molar-refractivity contribution in [3.63, 3.8) is 0 Å². The molecule has 0 rings (SSSR count). The van der Waals surface area contributed by atoms with Gasteiger partial charge in [-0.2, -0.15) is 0 Å². The minimum atomic E-state index is 0.104. The van der Waals surface area contributed by atoms with Crippen molar-refractivity contribution in [2.75, 3.05) is 26.4 Å². The van der Waals surface area contributed by atoms with Crippen LogP contribution in [0.5, 0.6) is 0 Å². The predicted octanol–water partition coefficient (Wildman–Crippen LogP) is 5.52. The van der Waals surface area contributed by atoms with Crippen LogP contribution in [0.4, 0.5) is 0 Å². The average molecular weight is 388 g/mol.